The van der Waals surface area contributed by atoms with Crippen LogP contribution in [-0.4, -0.2) is 15.0 Å². The monoisotopic (exact) mass is 333 g/mol. The molecule has 0 aliphatic carbocycles. The van der Waals surface area contributed by atoms with Crippen molar-refractivity contribution in [1.82, 2.24) is 15.0 Å². The first-order valence-corrected chi connectivity index (χ1v) is 8.66. The van der Waals surface area contributed by atoms with Crippen LogP contribution in [-0.2, 0) is 6.42 Å². The van der Waals surface area contributed by atoms with Crippen molar-refractivity contribution in [3.8, 4) is 22.6 Å². The lowest BCUT2D eigenvalue weighted by atomic mass is 10.0. The number of nitrogens with zero attached hydrogens (tertiary/aromatic N) is 2. The summed E-state index contributed by atoms with van der Waals surface area (Å²) in [6.45, 7) is 2.13. The van der Waals surface area contributed by atoms with Gasteiger partial charge in [-0.25, -0.2) is 4.98 Å². The Morgan fingerprint density at radius 3 is 2.67 bits per heavy atom. The van der Waals surface area contributed by atoms with Crippen molar-refractivity contribution in [3.63, 3.8) is 0 Å². The minimum absolute atomic E-state index is 0.128. The number of rotatable bonds is 3. The van der Waals surface area contributed by atoms with Gasteiger partial charge in [-0.3, -0.25) is 9.78 Å². The van der Waals surface area contributed by atoms with Gasteiger partial charge in [0.05, 0.1) is 5.39 Å². The number of aryl methyl sites for hydroxylation is 1. The molecule has 0 bridgehead atoms. The van der Waals surface area contributed by atoms with Gasteiger partial charge >= 0.3 is 0 Å². The van der Waals surface area contributed by atoms with Gasteiger partial charge < -0.3 is 4.98 Å². The average Bonchev–Trinajstić information content (AvgIpc) is 3.07. The third-order valence-electron chi connectivity index (χ3n) is 4.02. The molecule has 0 radical (unpaired) electrons. The van der Waals surface area contributed by atoms with Crippen LogP contribution in [0.3, 0.4) is 0 Å². The maximum absolute atomic E-state index is 12.6. The molecule has 24 heavy (non-hydrogen) atoms. The van der Waals surface area contributed by atoms with Crippen LogP contribution in [0.4, 0.5) is 0 Å². The van der Waals surface area contributed by atoms with E-state index in [1.54, 1.807) is 6.20 Å². The molecular weight excluding hydrogens is 318 g/mol. The molecule has 118 valence electrons. The van der Waals surface area contributed by atoms with Crippen LogP contribution in [0, 0.1) is 0 Å². The van der Waals surface area contributed by atoms with Gasteiger partial charge in [-0.1, -0.05) is 37.3 Å². The summed E-state index contributed by atoms with van der Waals surface area (Å²) in [6, 6.07) is 13.9. The number of hydrogen-bond acceptors (Lipinski definition) is 4. The smallest absolute Gasteiger partial charge is 0.260 e. The summed E-state index contributed by atoms with van der Waals surface area (Å²) in [4.78, 5) is 25.1. The zero-order valence-corrected chi connectivity index (χ0v) is 13.9. The molecular formula is C19H15N3OS. The van der Waals surface area contributed by atoms with Gasteiger partial charge in [0.2, 0.25) is 0 Å². The van der Waals surface area contributed by atoms with Crippen molar-refractivity contribution in [1.29, 1.82) is 0 Å². The number of nitrogens with one attached hydrogen (secondary N) is 1. The Labute approximate surface area is 142 Å². The van der Waals surface area contributed by atoms with Gasteiger partial charge in [0.15, 0.2) is 5.82 Å². The maximum Gasteiger partial charge on any atom is 0.260 e. The van der Waals surface area contributed by atoms with Gasteiger partial charge in [0.25, 0.3) is 5.56 Å². The van der Waals surface area contributed by atoms with Crippen molar-refractivity contribution in [3.05, 3.63) is 70.0 Å². The molecule has 3 heterocycles. The molecule has 1 N–H and O–H groups in total. The highest BCUT2D eigenvalue weighted by atomic mass is 32.1. The SMILES string of the molecule is CCc1ccc(-c2csc3nc(-c4ccccn4)[nH]c(=O)c23)cc1. The van der Waals surface area contributed by atoms with Crippen molar-refractivity contribution in [2.24, 2.45) is 0 Å². The summed E-state index contributed by atoms with van der Waals surface area (Å²) >= 11 is 1.48. The molecule has 4 aromatic rings. The molecule has 0 unspecified atom stereocenters. The highest BCUT2D eigenvalue weighted by molar-refractivity contribution is 7.17. The highest BCUT2D eigenvalue weighted by Gasteiger charge is 2.14. The predicted octanol–water partition coefficient (Wildman–Crippen LogP) is 4.28. The lowest BCUT2D eigenvalue weighted by Crippen LogP contribution is -2.09. The summed E-state index contributed by atoms with van der Waals surface area (Å²) < 4.78 is 0. The summed E-state index contributed by atoms with van der Waals surface area (Å²) in [7, 11) is 0. The van der Waals surface area contributed by atoms with E-state index in [-0.39, 0.29) is 5.56 Å². The van der Waals surface area contributed by atoms with Crippen LogP contribution in [0.25, 0.3) is 32.9 Å². The zero-order chi connectivity index (χ0) is 16.5. The second-order valence-corrected chi connectivity index (χ2v) is 6.37. The third-order valence-corrected chi connectivity index (χ3v) is 4.90. The Bertz CT molecular complexity index is 1050. The molecule has 0 saturated carbocycles. The molecule has 5 heteroatoms. The Morgan fingerprint density at radius 2 is 1.96 bits per heavy atom. The lowest BCUT2D eigenvalue weighted by Gasteiger charge is -2.03. The Balaban J connectivity index is 1.86. The van der Waals surface area contributed by atoms with E-state index in [0.717, 1.165) is 22.4 Å². The molecule has 0 fully saturated rings. The molecule has 0 aliphatic heterocycles. The fraction of sp³-hybridized carbons (Fsp3) is 0.105. The second-order valence-electron chi connectivity index (χ2n) is 5.51. The van der Waals surface area contributed by atoms with Crippen molar-refractivity contribution >= 4 is 21.6 Å². The standard InChI is InChI=1S/C19H15N3OS/c1-2-12-6-8-13(9-7-12)14-11-24-19-16(14)18(23)21-17(22-19)15-5-3-4-10-20-15/h3-11H,2H2,1H3,(H,21,22,23). The van der Waals surface area contributed by atoms with Gasteiger partial charge in [0.1, 0.15) is 10.5 Å². The number of aromatic amines is 1. The van der Waals surface area contributed by atoms with E-state index in [4.69, 9.17) is 0 Å². The van der Waals surface area contributed by atoms with E-state index < -0.39 is 0 Å². The number of hydrogen-bond donors (Lipinski definition) is 1. The first kappa shape index (κ1) is 14.8. The van der Waals surface area contributed by atoms with E-state index in [1.807, 2.05) is 23.6 Å². The van der Waals surface area contributed by atoms with Crippen molar-refractivity contribution in [2.45, 2.75) is 13.3 Å². The van der Waals surface area contributed by atoms with E-state index in [1.165, 1.54) is 16.9 Å². The van der Waals surface area contributed by atoms with Gasteiger partial charge in [0, 0.05) is 17.1 Å². The fourth-order valence-electron chi connectivity index (χ4n) is 2.71. The summed E-state index contributed by atoms with van der Waals surface area (Å²) in [5.41, 5.74) is 3.79. The molecule has 0 spiro atoms. The van der Waals surface area contributed by atoms with Gasteiger partial charge in [-0.05, 0) is 29.7 Å². The van der Waals surface area contributed by atoms with Gasteiger partial charge in [-0.15, -0.1) is 11.3 Å². The predicted molar refractivity (Wildman–Crippen MR) is 98.3 cm³/mol. The fourth-order valence-corrected chi connectivity index (χ4v) is 3.65. The number of thiophene rings is 1. The van der Waals surface area contributed by atoms with Crippen molar-refractivity contribution in [2.75, 3.05) is 0 Å². The molecule has 4 nitrogen and oxygen atoms in total. The quantitative estimate of drug-likeness (QED) is 0.609. The van der Waals surface area contributed by atoms with E-state index in [2.05, 4.69) is 46.1 Å². The van der Waals surface area contributed by atoms with Gasteiger partial charge in [-0.2, -0.15) is 0 Å². The van der Waals surface area contributed by atoms with E-state index >= 15 is 0 Å². The number of pyridine rings is 1. The molecule has 3 aromatic heterocycles. The van der Waals surface area contributed by atoms with Crippen LogP contribution >= 0.6 is 11.3 Å². The second kappa shape index (κ2) is 6.02. The number of fused-ring (bicyclic) bond motifs is 1. The van der Waals surface area contributed by atoms with Crippen LogP contribution in [0.5, 0.6) is 0 Å². The maximum atomic E-state index is 12.6. The van der Waals surface area contributed by atoms with E-state index in [0.29, 0.717) is 16.9 Å². The Kier molecular flexibility index (Phi) is 3.70. The topological polar surface area (TPSA) is 58.6 Å². The Morgan fingerprint density at radius 1 is 1.12 bits per heavy atom. The minimum Gasteiger partial charge on any atom is -0.305 e. The molecule has 0 saturated heterocycles. The van der Waals surface area contributed by atoms with Crippen LogP contribution < -0.4 is 5.56 Å². The first-order chi connectivity index (χ1) is 11.8. The molecule has 1 aromatic carbocycles. The largest absolute Gasteiger partial charge is 0.305 e. The summed E-state index contributed by atoms with van der Waals surface area (Å²) in [5.74, 6) is 0.503. The van der Waals surface area contributed by atoms with Crippen molar-refractivity contribution < 1.29 is 0 Å². The van der Waals surface area contributed by atoms with Crippen LogP contribution in [0.2, 0.25) is 0 Å². The normalized spacial score (nSPS) is 11.0. The number of benzene rings is 1. The lowest BCUT2D eigenvalue weighted by molar-refractivity contribution is 1.14. The number of aromatic nitrogens is 3. The Hall–Kier alpha value is -2.79. The summed E-state index contributed by atoms with van der Waals surface area (Å²) in [6.07, 6.45) is 2.69. The summed E-state index contributed by atoms with van der Waals surface area (Å²) in [5, 5.41) is 2.64. The third kappa shape index (κ3) is 2.53. The van der Waals surface area contributed by atoms with E-state index in [9.17, 15) is 4.79 Å². The minimum atomic E-state index is -0.128. The molecule has 0 aliphatic rings. The van der Waals surface area contributed by atoms with Crippen LogP contribution in [0.15, 0.2) is 58.8 Å². The number of H-pyrrole nitrogens is 1. The molecule has 0 atom stereocenters. The highest BCUT2D eigenvalue weighted by Crippen LogP contribution is 2.31. The zero-order valence-electron chi connectivity index (χ0n) is 13.1. The molecule has 4 rings (SSSR count). The van der Waals surface area contributed by atoms with Crippen LogP contribution in [0.1, 0.15) is 12.5 Å². The molecule has 0 amide bonds. The first-order valence-electron chi connectivity index (χ1n) is 7.78. The average molecular weight is 333 g/mol.